The second-order valence-electron chi connectivity index (χ2n) is 5.13. The minimum atomic E-state index is 0.123. The molecule has 1 aromatic heterocycles. The van der Waals surface area contributed by atoms with E-state index in [1.165, 1.54) is 31.2 Å². The predicted molar refractivity (Wildman–Crippen MR) is 58.9 cm³/mol. The first-order valence-electron chi connectivity index (χ1n) is 5.89. The quantitative estimate of drug-likeness (QED) is 0.646. The average molecular weight is 203 g/mol. The number of aromatic nitrogens is 1. The molecule has 3 rings (SSSR count). The summed E-state index contributed by atoms with van der Waals surface area (Å²) in [6.45, 7) is 2.34. The molecule has 0 atom stereocenters. The molecule has 0 radical (unpaired) electrons. The third-order valence-corrected chi connectivity index (χ3v) is 3.89. The maximum Gasteiger partial charge on any atom is 0.141 e. The highest BCUT2D eigenvalue weighted by Gasteiger charge is 2.41. The summed E-state index contributed by atoms with van der Waals surface area (Å²) in [5.74, 6) is 1.90. The van der Waals surface area contributed by atoms with Gasteiger partial charge in [-0.25, -0.2) is 0 Å². The van der Waals surface area contributed by atoms with Crippen LogP contribution in [-0.2, 0) is 6.42 Å². The summed E-state index contributed by atoms with van der Waals surface area (Å²) in [5.41, 5.74) is 1.47. The van der Waals surface area contributed by atoms with Crippen molar-refractivity contribution in [1.82, 2.24) is 4.98 Å². The Kier molecular flexibility index (Phi) is 1.98. The van der Waals surface area contributed by atoms with E-state index in [-0.39, 0.29) is 5.60 Å². The van der Waals surface area contributed by atoms with Gasteiger partial charge in [-0.3, -0.25) is 4.98 Å². The van der Waals surface area contributed by atoms with Gasteiger partial charge in [0.15, 0.2) is 0 Å². The van der Waals surface area contributed by atoms with Crippen molar-refractivity contribution >= 4 is 0 Å². The Morgan fingerprint density at radius 3 is 2.93 bits per heavy atom. The van der Waals surface area contributed by atoms with E-state index < -0.39 is 0 Å². The molecule has 1 aromatic rings. The molecular weight excluding hydrogens is 186 g/mol. The highest BCUT2D eigenvalue weighted by molar-refractivity contribution is 5.36. The number of rotatable bonds is 0. The Morgan fingerprint density at radius 1 is 1.40 bits per heavy atom. The van der Waals surface area contributed by atoms with Crippen molar-refractivity contribution in [3.8, 4) is 5.75 Å². The van der Waals surface area contributed by atoms with Gasteiger partial charge in [0.2, 0.25) is 0 Å². The zero-order chi connectivity index (χ0) is 10.3. The lowest BCUT2D eigenvalue weighted by Gasteiger charge is -2.35. The molecule has 1 aliphatic heterocycles. The van der Waals surface area contributed by atoms with E-state index in [0.29, 0.717) is 0 Å². The van der Waals surface area contributed by atoms with Crippen LogP contribution < -0.4 is 4.74 Å². The molecule has 15 heavy (non-hydrogen) atoms. The number of hydrogen-bond donors (Lipinski definition) is 0. The Labute approximate surface area is 90.7 Å². The first-order valence-corrected chi connectivity index (χ1v) is 5.89. The highest BCUT2D eigenvalue weighted by Crippen LogP contribution is 2.43. The fraction of sp³-hybridized carbons (Fsp3) is 0.615. The number of ether oxygens (including phenoxy) is 1. The molecule has 1 fully saturated rings. The fourth-order valence-corrected chi connectivity index (χ4v) is 2.83. The molecule has 1 saturated carbocycles. The smallest absolute Gasteiger partial charge is 0.141 e. The van der Waals surface area contributed by atoms with Gasteiger partial charge in [0.25, 0.3) is 0 Å². The first kappa shape index (κ1) is 9.20. The largest absolute Gasteiger partial charge is 0.485 e. The van der Waals surface area contributed by atoms with Crippen LogP contribution in [-0.4, -0.2) is 10.6 Å². The third-order valence-electron chi connectivity index (χ3n) is 3.89. The number of nitrogens with zero attached hydrogens (tertiary/aromatic N) is 1. The molecule has 0 unspecified atom stereocenters. The van der Waals surface area contributed by atoms with Gasteiger partial charge in [-0.15, -0.1) is 0 Å². The van der Waals surface area contributed by atoms with Crippen molar-refractivity contribution in [2.24, 2.45) is 5.92 Å². The van der Waals surface area contributed by atoms with Gasteiger partial charge in [-0.05, 0) is 37.7 Å². The van der Waals surface area contributed by atoms with Crippen LogP contribution in [0.1, 0.15) is 38.2 Å². The average Bonchev–Trinajstić information content (AvgIpc) is 2.61. The second kappa shape index (κ2) is 3.22. The lowest BCUT2D eigenvalue weighted by atomic mass is 9.77. The van der Waals surface area contributed by atoms with Gasteiger partial charge in [0, 0.05) is 18.2 Å². The topological polar surface area (TPSA) is 22.1 Å². The van der Waals surface area contributed by atoms with Crippen LogP contribution >= 0.6 is 0 Å². The Morgan fingerprint density at radius 2 is 2.20 bits per heavy atom. The fourth-order valence-electron chi connectivity index (χ4n) is 2.83. The highest BCUT2D eigenvalue weighted by atomic mass is 16.5. The number of fused-ring (bicyclic) bond motifs is 1. The van der Waals surface area contributed by atoms with Crippen LogP contribution in [0.2, 0.25) is 0 Å². The molecule has 0 saturated heterocycles. The van der Waals surface area contributed by atoms with Crippen molar-refractivity contribution in [3.05, 3.63) is 24.0 Å². The zero-order valence-electron chi connectivity index (χ0n) is 9.20. The minimum Gasteiger partial charge on any atom is -0.485 e. The number of pyridine rings is 1. The van der Waals surface area contributed by atoms with E-state index in [0.717, 1.165) is 18.1 Å². The van der Waals surface area contributed by atoms with Crippen LogP contribution in [0.25, 0.3) is 0 Å². The summed E-state index contributed by atoms with van der Waals surface area (Å²) in [5, 5.41) is 0. The van der Waals surface area contributed by atoms with E-state index in [9.17, 15) is 0 Å². The normalized spacial score (nSPS) is 33.8. The molecule has 2 heterocycles. The van der Waals surface area contributed by atoms with E-state index in [1.54, 1.807) is 0 Å². The maximum absolute atomic E-state index is 6.12. The Balaban J connectivity index is 1.83. The molecule has 1 spiro atoms. The summed E-state index contributed by atoms with van der Waals surface area (Å²) in [4.78, 5) is 4.12. The van der Waals surface area contributed by atoms with Gasteiger partial charge < -0.3 is 4.74 Å². The molecule has 0 amide bonds. The summed E-state index contributed by atoms with van der Waals surface area (Å²) < 4.78 is 6.12. The Bertz CT molecular complexity index is 340. The molecule has 2 heteroatoms. The molecular formula is C13H17NO. The van der Waals surface area contributed by atoms with Crippen LogP contribution in [0, 0.1) is 5.92 Å². The van der Waals surface area contributed by atoms with E-state index in [1.807, 2.05) is 12.4 Å². The van der Waals surface area contributed by atoms with Crippen LogP contribution in [0.4, 0.5) is 0 Å². The zero-order valence-corrected chi connectivity index (χ0v) is 9.20. The molecule has 0 aromatic carbocycles. The lowest BCUT2D eigenvalue weighted by Crippen LogP contribution is -2.38. The number of hydrogen-bond acceptors (Lipinski definition) is 2. The van der Waals surface area contributed by atoms with Gasteiger partial charge in [0.05, 0.1) is 6.20 Å². The van der Waals surface area contributed by atoms with Gasteiger partial charge >= 0.3 is 0 Å². The van der Waals surface area contributed by atoms with Crippen molar-refractivity contribution < 1.29 is 4.74 Å². The molecule has 2 aliphatic rings. The van der Waals surface area contributed by atoms with Gasteiger partial charge in [0.1, 0.15) is 11.4 Å². The monoisotopic (exact) mass is 203 g/mol. The minimum absolute atomic E-state index is 0.123. The third kappa shape index (κ3) is 1.52. The molecule has 80 valence electrons. The van der Waals surface area contributed by atoms with Crippen LogP contribution in [0.15, 0.2) is 18.5 Å². The van der Waals surface area contributed by atoms with Crippen LogP contribution in [0.3, 0.4) is 0 Å². The second-order valence-corrected chi connectivity index (χ2v) is 5.13. The maximum atomic E-state index is 6.12. The molecule has 1 aliphatic carbocycles. The predicted octanol–water partition coefficient (Wildman–Crippen LogP) is 2.97. The summed E-state index contributed by atoms with van der Waals surface area (Å²) >= 11 is 0. The van der Waals surface area contributed by atoms with Crippen molar-refractivity contribution in [1.29, 1.82) is 0 Å². The molecule has 2 nitrogen and oxygen atoms in total. The van der Waals surface area contributed by atoms with Crippen LogP contribution in [0.5, 0.6) is 5.75 Å². The summed E-state index contributed by atoms with van der Waals surface area (Å²) in [6, 6.07) is 2.10. The molecule has 0 N–H and O–H groups in total. The SMILES string of the molecule is CC1CCC2(CC1)Cc1ccncc1O2. The van der Waals surface area contributed by atoms with E-state index in [4.69, 9.17) is 4.74 Å². The van der Waals surface area contributed by atoms with Crippen molar-refractivity contribution in [2.45, 2.75) is 44.6 Å². The molecule has 0 bridgehead atoms. The van der Waals surface area contributed by atoms with Crippen molar-refractivity contribution in [3.63, 3.8) is 0 Å². The van der Waals surface area contributed by atoms with Gasteiger partial charge in [-0.2, -0.15) is 0 Å². The van der Waals surface area contributed by atoms with Gasteiger partial charge in [-0.1, -0.05) is 6.92 Å². The summed E-state index contributed by atoms with van der Waals surface area (Å²) in [7, 11) is 0. The van der Waals surface area contributed by atoms with E-state index >= 15 is 0 Å². The van der Waals surface area contributed by atoms with Crippen molar-refractivity contribution in [2.75, 3.05) is 0 Å². The Hall–Kier alpha value is -1.05. The first-order chi connectivity index (χ1) is 7.27. The summed E-state index contributed by atoms with van der Waals surface area (Å²) in [6.07, 6.45) is 9.86. The lowest BCUT2D eigenvalue weighted by molar-refractivity contribution is 0.0387. The standard InChI is InChI=1S/C13H17NO/c1-10-2-5-13(6-3-10)8-11-4-7-14-9-12(11)15-13/h4,7,9-10H,2-3,5-6,8H2,1H3. The van der Waals surface area contributed by atoms with E-state index in [2.05, 4.69) is 18.0 Å².